The lowest BCUT2D eigenvalue weighted by atomic mass is 10.2. The van der Waals surface area contributed by atoms with Crippen LogP contribution in [0.2, 0.25) is 0 Å². The van der Waals surface area contributed by atoms with E-state index < -0.39 is 0 Å². The van der Waals surface area contributed by atoms with E-state index in [9.17, 15) is 4.79 Å². The molecule has 0 saturated carbocycles. The van der Waals surface area contributed by atoms with Crippen molar-refractivity contribution in [1.82, 2.24) is 15.0 Å². The lowest BCUT2D eigenvalue weighted by Gasteiger charge is -2.11. The normalized spacial score (nSPS) is 12.8. The Morgan fingerprint density at radius 2 is 2.36 bits per heavy atom. The van der Waals surface area contributed by atoms with E-state index in [0.717, 1.165) is 18.5 Å². The van der Waals surface area contributed by atoms with Gasteiger partial charge < -0.3 is 5.11 Å². The van der Waals surface area contributed by atoms with Gasteiger partial charge in [0.25, 0.3) is 0 Å². The third-order valence-electron chi connectivity index (χ3n) is 2.27. The van der Waals surface area contributed by atoms with Crippen LogP contribution in [0.3, 0.4) is 0 Å². The first kappa shape index (κ1) is 10.8. The molecule has 0 radical (unpaired) electrons. The maximum atomic E-state index is 10.5. The maximum Gasteiger partial charge on any atom is 0.172 e. The molecule has 0 aromatic carbocycles. The Labute approximate surface area is 82.7 Å². The molecule has 1 N–H and O–H groups in total. The summed E-state index contributed by atoms with van der Waals surface area (Å²) in [5.41, 5.74) is 1.17. The predicted molar refractivity (Wildman–Crippen MR) is 51.2 cm³/mol. The fraction of sp³-hybridized carbons (Fsp3) is 0.667. The smallest absolute Gasteiger partial charge is 0.172 e. The molecule has 1 aromatic rings. The molecule has 0 aliphatic carbocycles. The van der Waals surface area contributed by atoms with Crippen molar-refractivity contribution in [3.05, 3.63) is 11.4 Å². The molecule has 0 amide bonds. The van der Waals surface area contributed by atoms with Gasteiger partial charge in [-0.3, -0.25) is 4.79 Å². The SMILES string of the molecule is Cc1c(C=O)nnn1C(C)CCCO. The number of aliphatic hydroxyl groups excluding tert-OH is 1. The first-order chi connectivity index (χ1) is 6.70. The molecule has 5 heteroatoms. The van der Waals surface area contributed by atoms with Crippen LogP contribution in [-0.4, -0.2) is 33.0 Å². The van der Waals surface area contributed by atoms with E-state index in [4.69, 9.17) is 5.11 Å². The van der Waals surface area contributed by atoms with E-state index in [1.54, 1.807) is 4.68 Å². The Bertz CT molecular complexity index is 309. The molecule has 1 atom stereocenters. The van der Waals surface area contributed by atoms with Crippen LogP contribution in [0.4, 0.5) is 0 Å². The number of carbonyl (C=O) groups is 1. The Kier molecular flexibility index (Phi) is 3.76. The number of hydrogen-bond acceptors (Lipinski definition) is 4. The molecule has 1 aromatic heterocycles. The summed E-state index contributed by atoms with van der Waals surface area (Å²) in [5, 5.41) is 16.3. The van der Waals surface area contributed by atoms with Crippen molar-refractivity contribution in [3.63, 3.8) is 0 Å². The third kappa shape index (κ3) is 2.17. The van der Waals surface area contributed by atoms with Gasteiger partial charge in [0, 0.05) is 6.61 Å². The van der Waals surface area contributed by atoms with Crippen LogP contribution >= 0.6 is 0 Å². The highest BCUT2D eigenvalue weighted by Gasteiger charge is 2.12. The van der Waals surface area contributed by atoms with Crippen LogP contribution in [-0.2, 0) is 0 Å². The van der Waals surface area contributed by atoms with Crippen molar-refractivity contribution in [2.75, 3.05) is 6.61 Å². The van der Waals surface area contributed by atoms with Crippen molar-refractivity contribution in [2.45, 2.75) is 32.7 Å². The van der Waals surface area contributed by atoms with Crippen molar-refractivity contribution >= 4 is 6.29 Å². The van der Waals surface area contributed by atoms with Gasteiger partial charge in [-0.2, -0.15) is 0 Å². The van der Waals surface area contributed by atoms with Crippen molar-refractivity contribution < 1.29 is 9.90 Å². The minimum absolute atomic E-state index is 0.170. The molecule has 5 nitrogen and oxygen atoms in total. The summed E-state index contributed by atoms with van der Waals surface area (Å²) in [6, 6.07) is 0.170. The topological polar surface area (TPSA) is 68.0 Å². The Balaban J connectivity index is 2.74. The third-order valence-corrected chi connectivity index (χ3v) is 2.27. The maximum absolute atomic E-state index is 10.5. The van der Waals surface area contributed by atoms with Gasteiger partial charge in [0.05, 0.1) is 11.7 Å². The number of aldehydes is 1. The summed E-state index contributed by atoms with van der Waals surface area (Å²) in [5.74, 6) is 0. The summed E-state index contributed by atoms with van der Waals surface area (Å²) >= 11 is 0. The second-order valence-corrected chi connectivity index (χ2v) is 3.34. The van der Waals surface area contributed by atoms with E-state index in [1.807, 2.05) is 13.8 Å². The first-order valence-corrected chi connectivity index (χ1v) is 4.68. The lowest BCUT2D eigenvalue weighted by Crippen LogP contribution is -2.09. The zero-order chi connectivity index (χ0) is 10.6. The Morgan fingerprint density at radius 1 is 1.64 bits per heavy atom. The van der Waals surface area contributed by atoms with Crippen LogP contribution in [0.25, 0.3) is 0 Å². The monoisotopic (exact) mass is 197 g/mol. The highest BCUT2D eigenvalue weighted by molar-refractivity contribution is 5.72. The summed E-state index contributed by atoms with van der Waals surface area (Å²) < 4.78 is 1.72. The van der Waals surface area contributed by atoms with E-state index in [-0.39, 0.29) is 12.6 Å². The lowest BCUT2D eigenvalue weighted by molar-refractivity contribution is 0.111. The Morgan fingerprint density at radius 3 is 2.86 bits per heavy atom. The minimum atomic E-state index is 0.170. The van der Waals surface area contributed by atoms with Gasteiger partial charge >= 0.3 is 0 Å². The average molecular weight is 197 g/mol. The number of carbonyl (C=O) groups excluding carboxylic acids is 1. The number of aliphatic hydroxyl groups is 1. The van der Waals surface area contributed by atoms with Crippen molar-refractivity contribution in [2.24, 2.45) is 0 Å². The second kappa shape index (κ2) is 4.85. The van der Waals surface area contributed by atoms with Crippen molar-refractivity contribution in [3.8, 4) is 0 Å². The van der Waals surface area contributed by atoms with Crippen LogP contribution in [0, 0.1) is 6.92 Å². The van der Waals surface area contributed by atoms with Crippen LogP contribution in [0.1, 0.15) is 42.0 Å². The van der Waals surface area contributed by atoms with E-state index >= 15 is 0 Å². The minimum Gasteiger partial charge on any atom is -0.396 e. The quantitative estimate of drug-likeness (QED) is 0.707. The summed E-state index contributed by atoms with van der Waals surface area (Å²) in [6.07, 6.45) is 2.27. The average Bonchev–Trinajstić information content (AvgIpc) is 2.56. The first-order valence-electron chi connectivity index (χ1n) is 4.68. The molecule has 1 heterocycles. The van der Waals surface area contributed by atoms with Gasteiger partial charge in [-0.1, -0.05) is 5.21 Å². The van der Waals surface area contributed by atoms with E-state index in [1.165, 1.54) is 0 Å². The molecule has 0 bridgehead atoms. The van der Waals surface area contributed by atoms with Gasteiger partial charge in [-0.25, -0.2) is 4.68 Å². The largest absolute Gasteiger partial charge is 0.396 e. The molecule has 0 fully saturated rings. The molecular formula is C9H15N3O2. The number of nitrogens with zero attached hydrogens (tertiary/aromatic N) is 3. The summed E-state index contributed by atoms with van der Waals surface area (Å²) in [6.45, 7) is 3.99. The molecule has 0 spiro atoms. The summed E-state index contributed by atoms with van der Waals surface area (Å²) in [7, 11) is 0. The van der Waals surface area contributed by atoms with Gasteiger partial charge in [-0.05, 0) is 26.7 Å². The zero-order valence-corrected chi connectivity index (χ0v) is 8.47. The van der Waals surface area contributed by atoms with Crippen LogP contribution in [0.15, 0.2) is 0 Å². The zero-order valence-electron chi connectivity index (χ0n) is 8.47. The fourth-order valence-electron chi connectivity index (χ4n) is 1.39. The van der Waals surface area contributed by atoms with Crippen molar-refractivity contribution in [1.29, 1.82) is 0 Å². The predicted octanol–water partition coefficient (Wildman–Crippen LogP) is 0.733. The van der Waals surface area contributed by atoms with E-state index in [2.05, 4.69) is 10.3 Å². The second-order valence-electron chi connectivity index (χ2n) is 3.34. The fourth-order valence-corrected chi connectivity index (χ4v) is 1.39. The van der Waals surface area contributed by atoms with Gasteiger partial charge in [0.1, 0.15) is 5.69 Å². The van der Waals surface area contributed by atoms with Gasteiger partial charge in [0.2, 0.25) is 0 Å². The molecule has 78 valence electrons. The highest BCUT2D eigenvalue weighted by Crippen LogP contribution is 2.14. The molecule has 1 rings (SSSR count). The number of aromatic nitrogens is 3. The molecular weight excluding hydrogens is 182 g/mol. The van der Waals surface area contributed by atoms with Crippen LogP contribution in [0.5, 0.6) is 0 Å². The number of rotatable bonds is 5. The van der Waals surface area contributed by atoms with E-state index in [0.29, 0.717) is 12.0 Å². The summed E-state index contributed by atoms with van der Waals surface area (Å²) in [4.78, 5) is 10.5. The van der Waals surface area contributed by atoms with Gasteiger partial charge in [0.15, 0.2) is 6.29 Å². The number of hydrogen-bond donors (Lipinski definition) is 1. The molecule has 0 saturated heterocycles. The Hall–Kier alpha value is -1.23. The molecule has 0 aliphatic heterocycles. The molecule has 0 aliphatic rings. The highest BCUT2D eigenvalue weighted by atomic mass is 16.2. The molecule has 14 heavy (non-hydrogen) atoms. The van der Waals surface area contributed by atoms with Gasteiger partial charge in [-0.15, -0.1) is 5.10 Å². The van der Waals surface area contributed by atoms with Crippen LogP contribution < -0.4 is 0 Å². The molecule has 1 unspecified atom stereocenters. The standard InChI is InChI=1S/C9H15N3O2/c1-7(4-3-5-13)12-8(2)9(6-14)10-11-12/h6-7,13H,3-5H2,1-2H3.